The molecule has 206 valence electrons. The van der Waals surface area contributed by atoms with Crippen molar-refractivity contribution in [2.75, 3.05) is 33.3 Å². The van der Waals surface area contributed by atoms with Crippen molar-refractivity contribution < 1.29 is 9.53 Å². The number of nitrogens with zero attached hydrogens (tertiary/aromatic N) is 4. The number of nitrogens with one attached hydrogen (secondary N) is 2. The number of pyridine rings is 1. The van der Waals surface area contributed by atoms with Crippen molar-refractivity contribution in [3.63, 3.8) is 0 Å². The first-order valence-corrected chi connectivity index (χ1v) is 14.4. The monoisotopic (exact) mass is 536 g/mol. The molecule has 1 amide bonds. The zero-order valence-corrected chi connectivity index (χ0v) is 23.1. The number of hydrogen-bond donors (Lipinski definition) is 2. The number of piperazine rings is 1. The maximum Gasteiger partial charge on any atom is 0.227 e. The average Bonchev–Trinajstić information content (AvgIpc) is 3.55. The number of H-pyrrole nitrogens is 1. The van der Waals surface area contributed by atoms with E-state index in [0.717, 1.165) is 59.2 Å². The minimum absolute atomic E-state index is 0.138. The Labute approximate surface area is 234 Å². The van der Waals surface area contributed by atoms with Crippen LogP contribution in [0.25, 0.3) is 22.2 Å². The Bertz CT molecular complexity index is 1530. The second-order valence-electron chi connectivity index (χ2n) is 11.5. The lowest BCUT2D eigenvalue weighted by Gasteiger charge is -2.41. The highest BCUT2D eigenvalue weighted by atomic mass is 16.5. The smallest absolute Gasteiger partial charge is 0.227 e. The molecule has 2 aliphatic heterocycles. The molecule has 3 atom stereocenters. The van der Waals surface area contributed by atoms with Gasteiger partial charge in [-0.3, -0.25) is 9.69 Å². The molecule has 1 aromatic carbocycles. The van der Waals surface area contributed by atoms with E-state index in [4.69, 9.17) is 14.7 Å². The van der Waals surface area contributed by atoms with Crippen LogP contribution in [-0.2, 0) is 4.79 Å². The van der Waals surface area contributed by atoms with Gasteiger partial charge in [0.15, 0.2) is 0 Å². The van der Waals surface area contributed by atoms with Crippen molar-refractivity contribution >= 4 is 16.8 Å². The third kappa shape index (κ3) is 4.70. The van der Waals surface area contributed by atoms with E-state index in [1.807, 2.05) is 24.4 Å². The van der Waals surface area contributed by atoms with Crippen LogP contribution in [0, 0.1) is 11.8 Å². The molecule has 8 nitrogen and oxygen atoms in total. The number of methoxy groups -OCH3 is 1. The van der Waals surface area contributed by atoms with Crippen LogP contribution in [0.3, 0.4) is 0 Å². The Kier molecular flexibility index (Phi) is 6.42. The molecular weight excluding hydrogens is 500 g/mol. The Hall–Kier alpha value is -3.91. The molecule has 4 heterocycles. The molecule has 8 heteroatoms. The van der Waals surface area contributed by atoms with Crippen LogP contribution in [0.5, 0.6) is 5.88 Å². The van der Waals surface area contributed by atoms with Gasteiger partial charge in [-0.2, -0.15) is 0 Å². The molecule has 2 N–H and O–H groups in total. The standard InChI is InChI=1S/C32H36N6O2/c1-20-24(23-8-4-6-10-27(23)34-20)16-30(39)38-14-13-37(18-21-11-12-21)19-29(38)31-33-17-28(35-31)25-15-22-7-3-5-9-26(22)36-32(25)40-2/h3-10,15,17,21,23,27,29,34H,11-14,16,18-19H2,1-2H3,(H,33,35). The minimum Gasteiger partial charge on any atom is -0.480 e. The molecule has 4 aliphatic rings. The lowest BCUT2D eigenvalue weighted by Crippen LogP contribution is -2.51. The van der Waals surface area contributed by atoms with E-state index in [2.05, 4.69) is 63.5 Å². The SMILES string of the molecule is COc1nc2ccccc2cc1-c1cnc(C2CN(CC3CC3)CCN2C(=O)CC2=C(C)NC3C=CC=CC23)[nH]1. The summed E-state index contributed by atoms with van der Waals surface area (Å²) in [7, 11) is 1.64. The fourth-order valence-electron chi connectivity index (χ4n) is 6.48. The first kappa shape index (κ1) is 25.1. The molecule has 0 bridgehead atoms. The van der Waals surface area contributed by atoms with Gasteiger partial charge in [-0.15, -0.1) is 0 Å². The Balaban J connectivity index is 1.18. The van der Waals surface area contributed by atoms with E-state index < -0.39 is 0 Å². The van der Waals surface area contributed by atoms with E-state index in [1.165, 1.54) is 18.4 Å². The van der Waals surface area contributed by atoms with Gasteiger partial charge in [0.2, 0.25) is 11.8 Å². The maximum atomic E-state index is 14.0. The van der Waals surface area contributed by atoms with Gasteiger partial charge >= 0.3 is 0 Å². The molecule has 7 rings (SSSR count). The Morgan fingerprint density at radius 3 is 2.85 bits per heavy atom. The number of benzene rings is 1. The number of hydrogen-bond acceptors (Lipinski definition) is 6. The fraction of sp³-hybridized carbons (Fsp3) is 0.406. The highest BCUT2D eigenvalue weighted by Gasteiger charge is 2.38. The lowest BCUT2D eigenvalue weighted by atomic mass is 9.88. The van der Waals surface area contributed by atoms with Crippen molar-refractivity contribution in [3.05, 3.63) is 77.9 Å². The summed E-state index contributed by atoms with van der Waals surface area (Å²) in [5.41, 5.74) is 4.92. The van der Waals surface area contributed by atoms with Crippen molar-refractivity contribution in [2.24, 2.45) is 11.8 Å². The number of carbonyl (C=O) groups is 1. The molecule has 1 saturated heterocycles. The van der Waals surface area contributed by atoms with Gasteiger partial charge in [0.1, 0.15) is 11.9 Å². The minimum atomic E-state index is -0.138. The highest BCUT2D eigenvalue weighted by Crippen LogP contribution is 2.37. The zero-order valence-electron chi connectivity index (χ0n) is 23.1. The molecule has 2 aromatic heterocycles. The van der Waals surface area contributed by atoms with Crippen molar-refractivity contribution in [1.82, 2.24) is 30.1 Å². The van der Waals surface area contributed by atoms with E-state index in [9.17, 15) is 4.79 Å². The van der Waals surface area contributed by atoms with Crippen LogP contribution < -0.4 is 10.1 Å². The summed E-state index contributed by atoms with van der Waals surface area (Å²) in [4.78, 5) is 31.6. The first-order chi connectivity index (χ1) is 19.6. The number of carbonyl (C=O) groups excluding carboxylic acids is 1. The number of para-hydroxylation sites is 1. The van der Waals surface area contributed by atoms with Gasteiger partial charge in [-0.1, -0.05) is 42.5 Å². The van der Waals surface area contributed by atoms with E-state index >= 15 is 0 Å². The highest BCUT2D eigenvalue weighted by molar-refractivity contribution is 5.85. The third-order valence-corrected chi connectivity index (χ3v) is 8.83. The third-order valence-electron chi connectivity index (χ3n) is 8.83. The number of allylic oxidation sites excluding steroid dienone is 3. The molecule has 0 spiro atoms. The van der Waals surface area contributed by atoms with Crippen LogP contribution in [0.4, 0.5) is 0 Å². The molecule has 2 aliphatic carbocycles. The molecule has 2 fully saturated rings. The van der Waals surface area contributed by atoms with Gasteiger partial charge in [0, 0.05) is 43.2 Å². The lowest BCUT2D eigenvalue weighted by molar-refractivity contribution is -0.136. The van der Waals surface area contributed by atoms with E-state index in [1.54, 1.807) is 7.11 Å². The summed E-state index contributed by atoms with van der Waals surface area (Å²) in [5, 5.41) is 4.60. The largest absolute Gasteiger partial charge is 0.480 e. The van der Waals surface area contributed by atoms with Crippen LogP contribution in [-0.4, -0.2) is 70.0 Å². The fourth-order valence-corrected chi connectivity index (χ4v) is 6.48. The molecular formula is C32H36N6O2. The predicted molar refractivity (Wildman–Crippen MR) is 156 cm³/mol. The van der Waals surface area contributed by atoms with Crippen LogP contribution >= 0.6 is 0 Å². The van der Waals surface area contributed by atoms with Gasteiger partial charge in [-0.25, -0.2) is 9.97 Å². The summed E-state index contributed by atoms with van der Waals surface area (Å²) in [6.07, 6.45) is 13.5. The summed E-state index contributed by atoms with van der Waals surface area (Å²) < 4.78 is 5.66. The topological polar surface area (TPSA) is 86.4 Å². The summed E-state index contributed by atoms with van der Waals surface area (Å²) in [6.45, 7) is 5.59. The van der Waals surface area contributed by atoms with Gasteiger partial charge in [-0.05, 0) is 43.4 Å². The Morgan fingerprint density at radius 1 is 1.15 bits per heavy atom. The molecule has 1 saturated carbocycles. The van der Waals surface area contributed by atoms with Crippen molar-refractivity contribution in [1.29, 1.82) is 0 Å². The summed E-state index contributed by atoms with van der Waals surface area (Å²) >= 11 is 0. The van der Waals surface area contributed by atoms with E-state index in [-0.39, 0.29) is 23.9 Å². The molecule has 3 aromatic rings. The quantitative estimate of drug-likeness (QED) is 0.459. The van der Waals surface area contributed by atoms with Crippen LogP contribution in [0.1, 0.15) is 38.1 Å². The normalized spacial score (nSPS) is 24.4. The molecule has 40 heavy (non-hydrogen) atoms. The number of aromatic amines is 1. The van der Waals surface area contributed by atoms with Crippen molar-refractivity contribution in [3.8, 4) is 17.1 Å². The van der Waals surface area contributed by atoms with Crippen LogP contribution in [0.2, 0.25) is 0 Å². The number of imidazole rings is 1. The second kappa shape index (κ2) is 10.2. The van der Waals surface area contributed by atoms with Gasteiger partial charge in [0.25, 0.3) is 0 Å². The van der Waals surface area contributed by atoms with E-state index in [0.29, 0.717) is 18.8 Å². The average molecular weight is 537 g/mol. The van der Waals surface area contributed by atoms with Crippen LogP contribution in [0.15, 0.2) is 72.1 Å². The number of fused-ring (bicyclic) bond motifs is 2. The van der Waals surface area contributed by atoms with Gasteiger partial charge < -0.3 is 19.9 Å². The second-order valence-corrected chi connectivity index (χ2v) is 11.5. The molecule has 3 unspecified atom stereocenters. The predicted octanol–water partition coefficient (Wildman–Crippen LogP) is 4.61. The number of aromatic nitrogens is 3. The molecule has 0 radical (unpaired) electrons. The van der Waals surface area contributed by atoms with Crippen molar-refractivity contribution in [2.45, 2.75) is 38.3 Å². The Morgan fingerprint density at radius 2 is 2.00 bits per heavy atom. The maximum absolute atomic E-state index is 14.0. The first-order valence-electron chi connectivity index (χ1n) is 14.4. The van der Waals surface area contributed by atoms with Gasteiger partial charge in [0.05, 0.1) is 42.5 Å². The summed E-state index contributed by atoms with van der Waals surface area (Å²) in [6, 6.07) is 10.2. The zero-order chi connectivity index (χ0) is 27.2. The number of ether oxygens (including phenoxy) is 1. The number of rotatable bonds is 7. The number of amides is 1. The summed E-state index contributed by atoms with van der Waals surface area (Å²) in [5.74, 6) is 2.57.